The minimum Gasteiger partial charge on any atom is -0.544 e. The van der Waals surface area contributed by atoms with Gasteiger partial charge < -0.3 is 28.6 Å². The van der Waals surface area contributed by atoms with E-state index in [-0.39, 0.29) is 49.1 Å². The Morgan fingerprint density at radius 2 is 1.08 bits per heavy atom. The quantitative estimate of drug-likeness (QED) is 0.0270. The number of unbranched alkanes of at least 4 members (excludes halogenated alkanes) is 15. The van der Waals surface area contributed by atoms with Gasteiger partial charge >= 0.3 is 11.9 Å². The van der Waals surface area contributed by atoms with E-state index in [1.165, 1.54) is 70.6 Å². The van der Waals surface area contributed by atoms with Crippen molar-refractivity contribution in [3.63, 3.8) is 0 Å². The largest absolute Gasteiger partial charge is 0.544 e. The molecule has 0 fully saturated rings. The van der Waals surface area contributed by atoms with E-state index >= 15 is 0 Å². The zero-order valence-corrected chi connectivity index (χ0v) is 34.7. The topological polar surface area (TPSA) is 102 Å². The van der Waals surface area contributed by atoms with Crippen LogP contribution in [0.25, 0.3) is 0 Å². The Morgan fingerprint density at radius 1 is 0.585 bits per heavy atom. The van der Waals surface area contributed by atoms with Crippen LogP contribution in [0.5, 0.6) is 0 Å². The molecule has 2 unspecified atom stereocenters. The Balaban J connectivity index is 4.37. The molecule has 0 aromatic rings. The molecule has 0 rings (SSSR count). The zero-order chi connectivity index (χ0) is 39.3. The van der Waals surface area contributed by atoms with Crippen LogP contribution in [0.2, 0.25) is 0 Å². The van der Waals surface area contributed by atoms with Crippen LogP contribution in [-0.4, -0.2) is 75.5 Å². The second kappa shape index (κ2) is 36.3. The Bertz CT molecular complexity index is 1010. The third-order valence-electron chi connectivity index (χ3n) is 9.20. The number of aliphatic carboxylic acids is 1. The fraction of sp³-hybridized carbons (Fsp3) is 0.756. The van der Waals surface area contributed by atoms with Gasteiger partial charge in [-0.2, -0.15) is 0 Å². The molecule has 0 heterocycles. The van der Waals surface area contributed by atoms with E-state index in [9.17, 15) is 19.5 Å². The number of likely N-dealkylation sites (N-methyl/N-ethyl adjacent to an activating group) is 1. The van der Waals surface area contributed by atoms with E-state index < -0.39 is 18.1 Å². The van der Waals surface area contributed by atoms with E-state index in [2.05, 4.69) is 62.5 Å². The average Bonchev–Trinajstić information content (AvgIpc) is 3.11. The first kappa shape index (κ1) is 50.3. The number of allylic oxidation sites excluding steroid dienone is 8. The summed E-state index contributed by atoms with van der Waals surface area (Å²) in [5.41, 5.74) is 0. The predicted molar refractivity (Wildman–Crippen MR) is 217 cm³/mol. The number of quaternary nitrogens is 1. The highest BCUT2D eigenvalue weighted by atomic mass is 16.6. The summed E-state index contributed by atoms with van der Waals surface area (Å²) in [5.74, 6) is -1.82. The molecule has 8 nitrogen and oxygen atoms in total. The maximum atomic E-state index is 12.6. The van der Waals surface area contributed by atoms with E-state index in [0.29, 0.717) is 12.8 Å². The smallest absolute Gasteiger partial charge is 0.306 e. The summed E-state index contributed by atoms with van der Waals surface area (Å²) in [6.45, 7) is 4.47. The second-order valence-corrected chi connectivity index (χ2v) is 15.2. The van der Waals surface area contributed by atoms with Crippen LogP contribution in [0.15, 0.2) is 48.6 Å². The summed E-state index contributed by atoms with van der Waals surface area (Å²) in [6, 6.07) is -0.735. The van der Waals surface area contributed by atoms with Crippen molar-refractivity contribution >= 4 is 17.9 Å². The van der Waals surface area contributed by atoms with Gasteiger partial charge in [-0.15, -0.1) is 0 Å². The van der Waals surface area contributed by atoms with Crippen molar-refractivity contribution in [3.05, 3.63) is 48.6 Å². The molecule has 0 saturated carbocycles. The summed E-state index contributed by atoms with van der Waals surface area (Å²) in [5, 5.41) is 11.6. The maximum absolute atomic E-state index is 12.6. The Kier molecular flexibility index (Phi) is 34.4. The molecule has 0 aliphatic rings. The molecule has 0 aromatic carbocycles. The molecule has 0 saturated heterocycles. The fourth-order valence-electron chi connectivity index (χ4n) is 5.91. The zero-order valence-electron chi connectivity index (χ0n) is 34.7. The van der Waals surface area contributed by atoms with Gasteiger partial charge in [0.25, 0.3) is 0 Å². The first-order valence-electron chi connectivity index (χ1n) is 21.2. The third-order valence-corrected chi connectivity index (χ3v) is 9.20. The number of carbonyl (C=O) groups excluding carboxylic acids is 3. The molecule has 0 aliphatic carbocycles. The van der Waals surface area contributed by atoms with Crippen LogP contribution < -0.4 is 5.11 Å². The van der Waals surface area contributed by atoms with Crippen molar-refractivity contribution in [3.8, 4) is 0 Å². The SMILES string of the molecule is CC/C=C/C/C=C/C/C=C/CCCC(=O)OC(COCCC(C(=O)[O-])[N+](C)(C)C)COC(=O)CCCCCCC/C=C/CCCCCCCCCCC. The van der Waals surface area contributed by atoms with E-state index in [4.69, 9.17) is 14.2 Å². The number of nitrogens with zero attached hydrogens (tertiary/aromatic N) is 1. The molecule has 2 atom stereocenters. The number of ether oxygens (including phenoxy) is 3. The first-order chi connectivity index (χ1) is 25.6. The molecule has 0 radical (unpaired) electrons. The number of rotatable bonds is 37. The summed E-state index contributed by atoms with van der Waals surface area (Å²) in [6.07, 6.45) is 41.5. The lowest BCUT2D eigenvalue weighted by molar-refractivity contribution is -0.889. The van der Waals surface area contributed by atoms with Crippen LogP contribution in [0.1, 0.15) is 168 Å². The lowest BCUT2D eigenvalue weighted by Crippen LogP contribution is -2.55. The molecule has 0 spiro atoms. The highest BCUT2D eigenvalue weighted by Gasteiger charge is 2.25. The van der Waals surface area contributed by atoms with Gasteiger partial charge in [-0.05, 0) is 64.2 Å². The van der Waals surface area contributed by atoms with E-state index in [1.54, 1.807) is 21.1 Å². The third kappa shape index (κ3) is 34.8. The molecule has 0 aromatic heterocycles. The summed E-state index contributed by atoms with van der Waals surface area (Å²) in [7, 11) is 5.38. The van der Waals surface area contributed by atoms with Gasteiger partial charge in [-0.25, -0.2) is 0 Å². The molecular weight excluding hydrogens is 666 g/mol. The summed E-state index contributed by atoms with van der Waals surface area (Å²) in [4.78, 5) is 36.7. The highest BCUT2D eigenvalue weighted by molar-refractivity contribution is 5.70. The van der Waals surface area contributed by atoms with Crippen LogP contribution in [-0.2, 0) is 28.6 Å². The minimum atomic E-state index is -1.14. The Labute approximate surface area is 325 Å². The van der Waals surface area contributed by atoms with Gasteiger partial charge in [0.1, 0.15) is 12.6 Å². The Morgan fingerprint density at radius 3 is 1.64 bits per heavy atom. The highest BCUT2D eigenvalue weighted by Crippen LogP contribution is 2.13. The van der Waals surface area contributed by atoms with Crippen molar-refractivity contribution in [2.45, 2.75) is 180 Å². The number of esters is 2. The van der Waals surface area contributed by atoms with Gasteiger partial charge in [0.2, 0.25) is 0 Å². The molecule has 0 aliphatic heterocycles. The standard InChI is InChI=1S/C45H79NO7/c1-6-8-10-12-14-16-18-19-20-21-22-23-24-26-27-29-31-33-35-43(47)52-40-41(39-51-38-37-42(45(49)50)46(3,4)5)53-44(48)36-34-32-30-28-25-17-15-13-11-9-7-2/h9,11,15,17,22-23,28,30,41-42H,6-8,10,12-14,16,18-21,24-27,29,31-40H2,1-5H3/b11-9+,17-15+,23-22+,30-28+. The molecular formula is C45H79NO7. The van der Waals surface area contributed by atoms with Gasteiger partial charge in [-0.3, -0.25) is 9.59 Å². The van der Waals surface area contributed by atoms with Gasteiger partial charge in [-0.1, -0.05) is 133 Å². The van der Waals surface area contributed by atoms with Crippen molar-refractivity contribution in [2.24, 2.45) is 0 Å². The van der Waals surface area contributed by atoms with Gasteiger partial charge in [0.15, 0.2) is 6.10 Å². The molecule has 0 amide bonds. The normalized spacial score (nSPS) is 13.5. The fourth-order valence-corrected chi connectivity index (χ4v) is 5.91. The van der Waals surface area contributed by atoms with Gasteiger partial charge in [0.05, 0.1) is 40.3 Å². The molecule has 53 heavy (non-hydrogen) atoms. The second-order valence-electron chi connectivity index (χ2n) is 15.2. The molecule has 0 N–H and O–H groups in total. The first-order valence-corrected chi connectivity index (χ1v) is 21.2. The van der Waals surface area contributed by atoms with Crippen molar-refractivity contribution < 1.29 is 38.2 Å². The molecule has 306 valence electrons. The van der Waals surface area contributed by atoms with Crippen LogP contribution in [0.4, 0.5) is 0 Å². The van der Waals surface area contributed by atoms with E-state index in [1.807, 2.05) is 0 Å². The average molecular weight is 746 g/mol. The predicted octanol–water partition coefficient (Wildman–Crippen LogP) is 9.91. The van der Waals surface area contributed by atoms with E-state index in [0.717, 1.165) is 57.8 Å². The number of carboxylic acid groups (broad SMARTS) is 1. The van der Waals surface area contributed by atoms with Crippen LogP contribution in [0, 0.1) is 0 Å². The van der Waals surface area contributed by atoms with Crippen LogP contribution >= 0.6 is 0 Å². The van der Waals surface area contributed by atoms with Crippen molar-refractivity contribution in [1.29, 1.82) is 0 Å². The lowest BCUT2D eigenvalue weighted by Gasteiger charge is -2.34. The molecule has 0 bridgehead atoms. The van der Waals surface area contributed by atoms with Crippen molar-refractivity contribution in [2.75, 3.05) is 41.0 Å². The number of hydrogen-bond donors (Lipinski definition) is 0. The van der Waals surface area contributed by atoms with Gasteiger partial charge in [0, 0.05) is 19.3 Å². The minimum absolute atomic E-state index is 0.0171. The monoisotopic (exact) mass is 746 g/mol. The van der Waals surface area contributed by atoms with Crippen LogP contribution in [0.3, 0.4) is 0 Å². The number of carboxylic acids is 1. The maximum Gasteiger partial charge on any atom is 0.306 e. The Hall–Kier alpha value is -2.71. The number of hydrogen-bond acceptors (Lipinski definition) is 7. The summed E-state index contributed by atoms with van der Waals surface area (Å²) >= 11 is 0. The molecule has 8 heteroatoms. The van der Waals surface area contributed by atoms with Crippen molar-refractivity contribution in [1.82, 2.24) is 0 Å². The number of carbonyl (C=O) groups is 3. The lowest BCUT2D eigenvalue weighted by atomic mass is 10.1. The summed E-state index contributed by atoms with van der Waals surface area (Å²) < 4.78 is 17.0.